The molecule has 0 unspecified atom stereocenters. The topological polar surface area (TPSA) is 74.7 Å². The largest absolute Gasteiger partial charge is 0.480 e. The lowest BCUT2D eigenvalue weighted by atomic mass is 9.92. The first-order chi connectivity index (χ1) is 11.9. The summed E-state index contributed by atoms with van der Waals surface area (Å²) < 4.78 is 13.6. The van der Waals surface area contributed by atoms with E-state index in [0.29, 0.717) is 16.0 Å². The molecule has 1 aliphatic rings. The Bertz CT molecular complexity index is 938. The van der Waals surface area contributed by atoms with Crippen molar-refractivity contribution in [1.82, 2.24) is 4.90 Å². The number of amides is 2. The van der Waals surface area contributed by atoms with Gasteiger partial charge in [0.15, 0.2) is 0 Å². The van der Waals surface area contributed by atoms with Crippen LogP contribution in [0.2, 0.25) is 0 Å². The fourth-order valence-electron chi connectivity index (χ4n) is 2.59. The molecule has 126 valence electrons. The molecule has 0 aliphatic carbocycles. The summed E-state index contributed by atoms with van der Waals surface area (Å²) in [7, 11) is 0. The van der Waals surface area contributed by atoms with E-state index in [2.05, 4.69) is 15.9 Å². The van der Waals surface area contributed by atoms with E-state index >= 15 is 0 Å². The number of carbonyl (C=O) groups is 3. The number of hydrogen-bond donors (Lipinski definition) is 1. The normalized spacial score (nSPS) is 15.4. The first kappa shape index (κ1) is 17.0. The van der Waals surface area contributed by atoms with Crippen molar-refractivity contribution in [2.45, 2.75) is 0 Å². The summed E-state index contributed by atoms with van der Waals surface area (Å²) in [5, 5.41) is 8.98. The summed E-state index contributed by atoms with van der Waals surface area (Å²) >= 11 is 3.08. The first-order valence-corrected chi connectivity index (χ1v) is 8.02. The standard InChI is InChI=1S/C18H11BrFNO4/c19-14-8-10(5-6-15(14)20)7-13-11-3-1-2-4-12(11)17(24)21(18(13)25)9-16(22)23/h1-8H,9H2,(H,22,23). The van der Waals surface area contributed by atoms with Crippen LogP contribution < -0.4 is 0 Å². The minimum atomic E-state index is -1.29. The van der Waals surface area contributed by atoms with Gasteiger partial charge in [0.2, 0.25) is 0 Å². The van der Waals surface area contributed by atoms with Crippen molar-refractivity contribution in [1.29, 1.82) is 0 Å². The maximum absolute atomic E-state index is 13.4. The molecule has 1 N–H and O–H groups in total. The fourth-order valence-corrected chi connectivity index (χ4v) is 2.99. The predicted octanol–water partition coefficient (Wildman–Crippen LogP) is 3.20. The molecule has 1 heterocycles. The average molecular weight is 404 g/mol. The zero-order valence-corrected chi connectivity index (χ0v) is 14.3. The third-order valence-corrected chi connectivity index (χ3v) is 4.32. The molecule has 0 saturated carbocycles. The summed E-state index contributed by atoms with van der Waals surface area (Å²) in [5.74, 6) is -3.09. The van der Waals surface area contributed by atoms with Crippen LogP contribution in [0.5, 0.6) is 0 Å². The van der Waals surface area contributed by atoms with E-state index < -0.39 is 30.1 Å². The molecule has 2 aromatic rings. The Morgan fingerprint density at radius 2 is 1.80 bits per heavy atom. The number of halogens is 2. The second kappa shape index (κ2) is 6.60. The van der Waals surface area contributed by atoms with E-state index in [4.69, 9.17) is 5.11 Å². The minimum absolute atomic E-state index is 0.176. The quantitative estimate of drug-likeness (QED) is 0.630. The van der Waals surface area contributed by atoms with Gasteiger partial charge in [0.05, 0.1) is 4.47 Å². The number of aliphatic carboxylic acids is 1. The molecule has 0 spiro atoms. The third-order valence-electron chi connectivity index (χ3n) is 3.72. The highest BCUT2D eigenvalue weighted by Crippen LogP contribution is 2.31. The lowest BCUT2D eigenvalue weighted by Crippen LogP contribution is -2.44. The molecule has 5 nitrogen and oxygen atoms in total. The van der Waals surface area contributed by atoms with Gasteiger partial charge in [0.25, 0.3) is 11.8 Å². The zero-order chi connectivity index (χ0) is 18.1. The van der Waals surface area contributed by atoms with Crippen LogP contribution in [0.25, 0.3) is 11.6 Å². The highest BCUT2D eigenvalue weighted by molar-refractivity contribution is 9.10. The van der Waals surface area contributed by atoms with Gasteiger partial charge in [-0.2, -0.15) is 0 Å². The number of rotatable bonds is 3. The van der Waals surface area contributed by atoms with Crippen LogP contribution in [0.4, 0.5) is 4.39 Å². The van der Waals surface area contributed by atoms with Gasteiger partial charge in [-0.25, -0.2) is 4.39 Å². The SMILES string of the molecule is O=C(O)CN1C(=O)C(=Cc2ccc(F)c(Br)c2)c2ccccc2C1=O. The molecule has 1 aliphatic heterocycles. The molecule has 0 atom stereocenters. The molecular formula is C18H11BrFNO4. The average Bonchev–Trinajstić information content (AvgIpc) is 2.58. The van der Waals surface area contributed by atoms with Gasteiger partial charge >= 0.3 is 5.97 Å². The van der Waals surface area contributed by atoms with Crippen molar-refractivity contribution < 1.29 is 23.9 Å². The molecule has 3 rings (SSSR count). The summed E-state index contributed by atoms with van der Waals surface area (Å²) in [6, 6.07) is 10.7. The Labute approximate surface area is 150 Å². The number of carboxylic acid groups (broad SMARTS) is 1. The van der Waals surface area contributed by atoms with E-state index in [-0.39, 0.29) is 15.6 Å². The van der Waals surface area contributed by atoms with Gasteiger partial charge in [0, 0.05) is 11.1 Å². The van der Waals surface area contributed by atoms with Gasteiger partial charge in [-0.3, -0.25) is 19.3 Å². The van der Waals surface area contributed by atoms with Crippen LogP contribution in [-0.2, 0) is 9.59 Å². The highest BCUT2D eigenvalue weighted by atomic mass is 79.9. The Morgan fingerprint density at radius 1 is 1.12 bits per heavy atom. The van der Waals surface area contributed by atoms with Gasteiger partial charge < -0.3 is 5.11 Å². The van der Waals surface area contributed by atoms with Crippen LogP contribution in [0.15, 0.2) is 46.9 Å². The number of carbonyl (C=O) groups excluding carboxylic acids is 2. The maximum Gasteiger partial charge on any atom is 0.323 e. The Hall–Kier alpha value is -2.80. The number of nitrogens with zero attached hydrogens (tertiary/aromatic N) is 1. The van der Waals surface area contributed by atoms with Crippen molar-refractivity contribution >= 4 is 45.4 Å². The van der Waals surface area contributed by atoms with E-state index in [1.165, 1.54) is 30.3 Å². The van der Waals surface area contributed by atoms with Gasteiger partial charge in [0.1, 0.15) is 12.4 Å². The number of imide groups is 1. The Kier molecular flexibility index (Phi) is 4.50. The molecule has 0 aromatic heterocycles. The predicted molar refractivity (Wildman–Crippen MR) is 92.1 cm³/mol. The summed E-state index contributed by atoms with van der Waals surface area (Å²) in [6.45, 7) is -0.726. The molecule has 2 amide bonds. The third kappa shape index (κ3) is 3.23. The minimum Gasteiger partial charge on any atom is -0.480 e. The van der Waals surface area contributed by atoms with Crippen molar-refractivity contribution in [2.75, 3.05) is 6.54 Å². The van der Waals surface area contributed by atoms with Crippen LogP contribution >= 0.6 is 15.9 Å². The number of hydrogen-bond acceptors (Lipinski definition) is 3. The number of fused-ring (bicyclic) bond motifs is 1. The van der Waals surface area contributed by atoms with Crippen LogP contribution in [-0.4, -0.2) is 34.3 Å². The van der Waals surface area contributed by atoms with Crippen LogP contribution in [0, 0.1) is 5.82 Å². The second-order valence-electron chi connectivity index (χ2n) is 5.37. The molecule has 0 saturated heterocycles. The highest BCUT2D eigenvalue weighted by Gasteiger charge is 2.35. The van der Waals surface area contributed by atoms with Crippen LogP contribution in [0.3, 0.4) is 0 Å². The van der Waals surface area contributed by atoms with Crippen molar-refractivity contribution in [3.05, 3.63) is 69.4 Å². The number of benzene rings is 2. The smallest absolute Gasteiger partial charge is 0.323 e. The van der Waals surface area contributed by atoms with Crippen molar-refractivity contribution in [2.24, 2.45) is 0 Å². The first-order valence-electron chi connectivity index (χ1n) is 7.22. The van der Waals surface area contributed by atoms with Crippen molar-refractivity contribution in [3.63, 3.8) is 0 Å². The van der Waals surface area contributed by atoms with Gasteiger partial charge in [-0.15, -0.1) is 0 Å². The molecule has 0 fully saturated rings. The lowest BCUT2D eigenvalue weighted by molar-refractivity contribution is -0.141. The lowest BCUT2D eigenvalue weighted by Gasteiger charge is -2.27. The van der Waals surface area contributed by atoms with E-state index in [9.17, 15) is 18.8 Å². The Balaban J connectivity index is 2.16. The molecule has 2 aromatic carbocycles. The van der Waals surface area contributed by atoms with E-state index in [1.807, 2.05) is 0 Å². The molecule has 7 heteroatoms. The maximum atomic E-state index is 13.4. The zero-order valence-electron chi connectivity index (χ0n) is 12.7. The molecule has 25 heavy (non-hydrogen) atoms. The molecule has 0 bridgehead atoms. The van der Waals surface area contributed by atoms with Gasteiger partial charge in [-0.05, 0) is 51.3 Å². The fraction of sp³-hybridized carbons (Fsp3) is 0.0556. The van der Waals surface area contributed by atoms with Crippen molar-refractivity contribution in [3.8, 4) is 0 Å². The van der Waals surface area contributed by atoms with Gasteiger partial charge in [-0.1, -0.05) is 24.3 Å². The van der Waals surface area contributed by atoms with Crippen LogP contribution in [0.1, 0.15) is 21.5 Å². The van der Waals surface area contributed by atoms with E-state index in [0.717, 1.165) is 0 Å². The summed E-state index contributed by atoms with van der Waals surface area (Å²) in [4.78, 5) is 36.8. The number of carboxylic acids is 1. The summed E-state index contributed by atoms with van der Waals surface area (Å²) in [5.41, 5.74) is 1.38. The second-order valence-corrected chi connectivity index (χ2v) is 6.22. The Morgan fingerprint density at radius 3 is 2.44 bits per heavy atom. The summed E-state index contributed by atoms with van der Waals surface area (Å²) in [6.07, 6.45) is 1.51. The molecular weight excluding hydrogens is 393 g/mol. The molecule has 0 radical (unpaired) electrons. The van der Waals surface area contributed by atoms with E-state index in [1.54, 1.807) is 18.2 Å². The monoisotopic (exact) mass is 403 g/mol.